The van der Waals surface area contributed by atoms with Gasteiger partial charge in [0.25, 0.3) is 0 Å². The third kappa shape index (κ3) is 3.55. The fourth-order valence-corrected chi connectivity index (χ4v) is 1.82. The lowest BCUT2D eigenvalue weighted by molar-refractivity contribution is 0.0636. The zero-order chi connectivity index (χ0) is 13.7. The van der Waals surface area contributed by atoms with Crippen LogP contribution in [0.5, 0.6) is 5.75 Å². The first-order chi connectivity index (χ1) is 9.20. The van der Waals surface area contributed by atoms with Crippen molar-refractivity contribution >= 4 is 0 Å². The number of hydrogen-bond acceptors (Lipinski definition) is 3. The van der Waals surface area contributed by atoms with E-state index in [0.717, 1.165) is 22.7 Å². The van der Waals surface area contributed by atoms with Crippen molar-refractivity contribution in [2.45, 2.75) is 26.6 Å². The molecule has 0 spiro atoms. The van der Waals surface area contributed by atoms with E-state index < -0.39 is 0 Å². The van der Waals surface area contributed by atoms with Gasteiger partial charge in [0.2, 0.25) is 0 Å². The number of rotatable bonds is 5. The summed E-state index contributed by atoms with van der Waals surface area (Å²) in [7, 11) is 1.67. The number of hydrogen-bond donors (Lipinski definition) is 0. The first-order valence-electron chi connectivity index (χ1n) is 6.41. The number of ether oxygens (including phenoxy) is 2. The molecule has 0 radical (unpaired) electrons. The van der Waals surface area contributed by atoms with Crippen molar-refractivity contribution in [3.63, 3.8) is 0 Å². The van der Waals surface area contributed by atoms with E-state index in [-0.39, 0.29) is 6.10 Å². The number of nitrogens with zero attached hydrogens (tertiary/aromatic N) is 1. The minimum atomic E-state index is 0.205. The molecule has 3 heteroatoms. The van der Waals surface area contributed by atoms with Crippen LogP contribution in [0.3, 0.4) is 0 Å². The van der Waals surface area contributed by atoms with Gasteiger partial charge in [-0.15, -0.1) is 0 Å². The van der Waals surface area contributed by atoms with Crippen LogP contribution in [0, 0.1) is 0 Å². The summed E-state index contributed by atoms with van der Waals surface area (Å²) in [6.45, 7) is 4.56. The summed E-state index contributed by atoms with van der Waals surface area (Å²) < 4.78 is 10.9. The summed E-state index contributed by atoms with van der Waals surface area (Å²) >= 11 is 0. The molecule has 3 nitrogen and oxygen atoms in total. The van der Waals surface area contributed by atoms with Gasteiger partial charge in [0.05, 0.1) is 31.2 Å². The predicted molar refractivity (Wildman–Crippen MR) is 76.2 cm³/mol. The number of methoxy groups -OCH3 is 1. The molecule has 2 aromatic rings. The molecule has 2 rings (SSSR count). The zero-order valence-corrected chi connectivity index (χ0v) is 11.6. The van der Waals surface area contributed by atoms with Gasteiger partial charge in [-0.2, -0.15) is 0 Å². The van der Waals surface area contributed by atoms with Crippen LogP contribution < -0.4 is 4.74 Å². The molecule has 0 amide bonds. The molecule has 0 aliphatic carbocycles. The van der Waals surface area contributed by atoms with Crippen molar-refractivity contribution in [2.75, 3.05) is 7.11 Å². The van der Waals surface area contributed by atoms with Crippen LogP contribution in [0.4, 0.5) is 0 Å². The standard InChI is InChI=1S/C16H19NO2/c1-12(2)19-11-13-7-6-9-15(17-13)14-8-4-5-10-16(14)18-3/h4-10,12H,11H2,1-3H3. The van der Waals surface area contributed by atoms with Gasteiger partial charge in [-0.1, -0.05) is 18.2 Å². The SMILES string of the molecule is COc1ccccc1-c1cccc(COC(C)C)n1. The van der Waals surface area contributed by atoms with Crippen LogP contribution >= 0.6 is 0 Å². The van der Waals surface area contributed by atoms with Crippen LogP contribution in [-0.2, 0) is 11.3 Å². The van der Waals surface area contributed by atoms with Crippen molar-refractivity contribution in [3.8, 4) is 17.0 Å². The molecule has 1 aromatic heterocycles. The second-order valence-corrected chi connectivity index (χ2v) is 4.57. The van der Waals surface area contributed by atoms with Gasteiger partial charge in [0.1, 0.15) is 5.75 Å². The smallest absolute Gasteiger partial charge is 0.128 e. The normalized spacial score (nSPS) is 10.7. The minimum absolute atomic E-state index is 0.205. The van der Waals surface area contributed by atoms with E-state index in [0.29, 0.717) is 6.61 Å². The first-order valence-corrected chi connectivity index (χ1v) is 6.41. The van der Waals surface area contributed by atoms with Crippen molar-refractivity contribution in [3.05, 3.63) is 48.2 Å². The van der Waals surface area contributed by atoms with Crippen LogP contribution in [0.1, 0.15) is 19.5 Å². The highest BCUT2D eigenvalue weighted by Gasteiger charge is 2.07. The molecule has 0 aliphatic heterocycles. The quantitative estimate of drug-likeness (QED) is 0.818. The molecule has 0 aliphatic rings. The third-order valence-electron chi connectivity index (χ3n) is 2.75. The molecule has 100 valence electrons. The van der Waals surface area contributed by atoms with E-state index in [1.807, 2.05) is 56.3 Å². The molecule has 0 atom stereocenters. The van der Waals surface area contributed by atoms with E-state index in [4.69, 9.17) is 9.47 Å². The Morgan fingerprint density at radius 2 is 1.84 bits per heavy atom. The maximum atomic E-state index is 5.58. The lowest BCUT2D eigenvalue weighted by Gasteiger charge is -2.10. The monoisotopic (exact) mass is 257 g/mol. The largest absolute Gasteiger partial charge is 0.496 e. The number of benzene rings is 1. The van der Waals surface area contributed by atoms with Gasteiger partial charge in [-0.25, -0.2) is 0 Å². The Hall–Kier alpha value is -1.87. The molecule has 0 bridgehead atoms. The molecule has 1 aromatic carbocycles. The Morgan fingerprint density at radius 3 is 2.58 bits per heavy atom. The fourth-order valence-electron chi connectivity index (χ4n) is 1.82. The predicted octanol–water partition coefficient (Wildman–Crippen LogP) is 3.68. The Labute approximate surface area is 114 Å². The number of aromatic nitrogens is 1. The molecule has 0 N–H and O–H groups in total. The van der Waals surface area contributed by atoms with Gasteiger partial charge in [0, 0.05) is 5.56 Å². The topological polar surface area (TPSA) is 31.4 Å². The van der Waals surface area contributed by atoms with Crippen LogP contribution in [0.25, 0.3) is 11.3 Å². The molecular formula is C16H19NO2. The molecule has 19 heavy (non-hydrogen) atoms. The Bertz CT molecular complexity index is 538. The first kappa shape index (κ1) is 13.6. The molecule has 1 heterocycles. The van der Waals surface area contributed by atoms with E-state index in [1.165, 1.54) is 0 Å². The summed E-state index contributed by atoms with van der Waals surface area (Å²) in [5.74, 6) is 0.830. The molecular weight excluding hydrogens is 238 g/mol. The summed E-state index contributed by atoms with van der Waals surface area (Å²) in [5.41, 5.74) is 2.83. The van der Waals surface area contributed by atoms with Crippen LogP contribution in [-0.4, -0.2) is 18.2 Å². The molecule has 0 saturated heterocycles. The average molecular weight is 257 g/mol. The highest BCUT2D eigenvalue weighted by molar-refractivity contribution is 5.67. The summed E-state index contributed by atoms with van der Waals surface area (Å²) in [6.07, 6.45) is 0.205. The Morgan fingerprint density at radius 1 is 1.05 bits per heavy atom. The molecule has 0 fully saturated rings. The van der Waals surface area contributed by atoms with Gasteiger partial charge in [-0.05, 0) is 38.1 Å². The Balaban J connectivity index is 2.27. The van der Waals surface area contributed by atoms with E-state index >= 15 is 0 Å². The highest BCUT2D eigenvalue weighted by atomic mass is 16.5. The van der Waals surface area contributed by atoms with Gasteiger partial charge < -0.3 is 9.47 Å². The lowest BCUT2D eigenvalue weighted by atomic mass is 10.1. The average Bonchev–Trinajstić information content (AvgIpc) is 2.45. The maximum Gasteiger partial charge on any atom is 0.128 e. The highest BCUT2D eigenvalue weighted by Crippen LogP contribution is 2.28. The Kier molecular flexibility index (Phi) is 4.53. The van der Waals surface area contributed by atoms with Crippen molar-refractivity contribution in [1.82, 2.24) is 4.98 Å². The minimum Gasteiger partial charge on any atom is -0.496 e. The zero-order valence-electron chi connectivity index (χ0n) is 11.6. The molecule has 0 unspecified atom stereocenters. The lowest BCUT2D eigenvalue weighted by Crippen LogP contribution is -2.04. The van der Waals surface area contributed by atoms with Gasteiger partial charge in [0.15, 0.2) is 0 Å². The van der Waals surface area contributed by atoms with Crippen molar-refractivity contribution in [1.29, 1.82) is 0 Å². The van der Waals surface area contributed by atoms with Crippen molar-refractivity contribution in [2.24, 2.45) is 0 Å². The van der Waals surface area contributed by atoms with Gasteiger partial charge >= 0.3 is 0 Å². The van der Waals surface area contributed by atoms with E-state index in [1.54, 1.807) is 7.11 Å². The fraction of sp³-hybridized carbons (Fsp3) is 0.312. The van der Waals surface area contributed by atoms with Crippen molar-refractivity contribution < 1.29 is 9.47 Å². The second kappa shape index (κ2) is 6.34. The van der Waals surface area contributed by atoms with E-state index in [9.17, 15) is 0 Å². The summed E-state index contributed by atoms with van der Waals surface area (Å²) in [4.78, 5) is 4.62. The summed E-state index contributed by atoms with van der Waals surface area (Å²) in [5, 5.41) is 0. The second-order valence-electron chi connectivity index (χ2n) is 4.57. The van der Waals surface area contributed by atoms with E-state index in [2.05, 4.69) is 4.98 Å². The van der Waals surface area contributed by atoms with Crippen LogP contribution in [0.15, 0.2) is 42.5 Å². The summed E-state index contributed by atoms with van der Waals surface area (Å²) in [6, 6.07) is 13.8. The third-order valence-corrected chi connectivity index (χ3v) is 2.75. The maximum absolute atomic E-state index is 5.58. The number of para-hydroxylation sites is 1. The number of pyridine rings is 1. The molecule has 0 saturated carbocycles. The van der Waals surface area contributed by atoms with Crippen LogP contribution in [0.2, 0.25) is 0 Å². The van der Waals surface area contributed by atoms with Gasteiger partial charge in [-0.3, -0.25) is 4.98 Å².